The summed E-state index contributed by atoms with van der Waals surface area (Å²) in [5.41, 5.74) is 8.30. The van der Waals surface area contributed by atoms with Gasteiger partial charge in [0.1, 0.15) is 5.75 Å². The first kappa shape index (κ1) is 22.2. The fourth-order valence-electron chi connectivity index (χ4n) is 3.88. The molecule has 5 nitrogen and oxygen atoms in total. The molecule has 3 N–H and O–H groups in total. The van der Waals surface area contributed by atoms with Gasteiger partial charge < -0.3 is 15.8 Å². The predicted octanol–water partition coefficient (Wildman–Crippen LogP) is 2.80. The first-order chi connectivity index (χ1) is 13.1. The number of halogens is 1. The Balaban J connectivity index is 0.00000280. The second-order valence-corrected chi connectivity index (χ2v) is 7.17. The summed E-state index contributed by atoms with van der Waals surface area (Å²) in [4.78, 5) is 15.0. The number of amides is 1. The molecular weight excluding hydrogens is 374 g/mol. The van der Waals surface area contributed by atoms with Crippen molar-refractivity contribution >= 4 is 18.3 Å². The molecule has 2 aromatic rings. The van der Waals surface area contributed by atoms with Crippen LogP contribution in [0, 0.1) is 5.92 Å². The molecule has 152 valence electrons. The number of carbonyl (C=O) groups excluding carboxylic acids is 1. The van der Waals surface area contributed by atoms with Gasteiger partial charge in [-0.2, -0.15) is 0 Å². The SMILES string of the molecule is COc1ccccc1CNC(=O)C(C)N1C[C@@H](CN)[C@H](c2ccccc2)C1.Cl. The molecule has 1 aliphatic heterocycles. The monoisotopic (exact) mass is 403 g/mol. The number of ether oxygens (including phenoxy) is 1. The van der Waals surface area contributed by atoms with Gasteiger partial charge in [-0.25, -0.2) is 0 Å². The van der Waals surface area contributed by atoms with Crippen molar-refractivity contribution in [1.82, 2.24) is 10.2 Å². The van der Waals surface area contributed by atoms with Gasteiger partial charge in [-0.15, -0.1) is 12.4 Å². The Kier molecular flexibility index (Phi) is 8.30. The van der Waals surface area contributed by atoms with Crippen LogP contribution in [0.1, 0.15) is 24.0 Å². The van der Waals surface area contributed by atoms with E-state index in [1.165, 1.54) is 5.56 Å². The van der Waals surface area contributed by atoms with Crippen LogP contribution in [0.5, 0.6) is 5.75 Å². The number of benzene rings is 2. The van der Waals surface area contributed by atoms with E-state index in [1.807, 2.05) is 37.3 Å². The molecule has 0 spiro atoms. The Morgan fingerprint density at radius 2 is 1.86 bits per heavy atom. The van der Waals surface area contributed by atoms with Gasteiger partial charge in [-0.1, -0.05) is 48.5 Å². The van der Waals surface area contributed by atoms with Crippen molar-refractivity contribution in [3.63, 3.8) is 0 Å². The predicted molar refractivity (Wildman–Crippen MR) is 115 cm³/mol. The van der Waals surface area contributed by atoms with Crippen LogP contribution in [0.25, 0.3) is 0 Å². The van der Waals surface area contributed by atoms with Crippen molar-refractivity contribution in [1.29, 1.82) is 0 Å². The van der Waals surface area contributed by atoms with Gasteiger partial charge in [0.05, 0.1) is 13.2 Å². The zero-order valence-corrected chi connectivity index (χ0v) is 17.3. The molecule has 0 radical (unpaired) electrons. The highest BCUT2D eigenvalue weighted by atomic mass is 35.5. The zero-order chi connectivity index (χ0) is 19.2. The third kappa shape index (κ3) is 5.04. The molecule has 3 atom stereocenters. The molecule has 1 unspecified atom stereocenters. The highest BCUT2D eigenvalue weighted by Gasteiger charge is 2.36. The maximum Gasteiger partial charge on any atom is 0.237 e. The van der Waals surface area contributed by atoms with E-state index in [2.05, 4.69) is 34.5 Å². The quantitative estimate of drug-likeness (QED) is 0.746. The van der Waals surface area contributed by atoms with E-state index >= 15 is 0 Å². The fourth-order valence-corrected chi connectivity index (χ4v) is 3.88. The molecule has 0 aliphatic carbocycles. The molecule has 6 heteroatoms. The second kappa shape index (κ2) is 10.5. The van der Waals surface area contributed by atoms with Crippen LogP contribution >= 0.6 is 12.4 Å². The van der Waals surface area contributed by atoms with Crippen LogP contribution in [0.4, 0.5) is 0 Å². The van der Waals surface area contributed by atoms with Crippen LogP contribution in [0.3, 0.4) is 0 Å². The van der Waals surface area contributed by atoms with Crippen LogP contribution in [0.15, 0.2) is 54.6 Å². The van der Waals surface area contributed by atoms with E-state index in [-0.39, 0.29) is 24.4 Å². The lowest BCUT2D eigenvalue weighted by Gasteiger charge is -2.24. The molecule has 2 aromatic carbocycles. The smallest absolute Gasteiger partial charge is 0.237 e. The van der Waals surface area contributed by atoms with Gasteiger partial charge >= 0.3 is 0 Å². The first-order valence-corrected chi connectivity index (χ1v) is 9.52. The fraction of sp³-hybridized carbons (Fsp3) is 0.409. The van der Waals surface area contributed by atoms with Crippen molar-refractivity contribution in [2.24, 2.45) is 11.7 Å². The average molecular weight is 404 g/mol. The normalized spacial score (nSPS) is 20.2. The standard InChI is InChI=1S/C22H29N3O2.ClH/c1-16(22(26)24-13-18-10-6-7-11-21(18)27-2)25-14-19(12-23)20(15-25)17-8-4-3-5-9-17;/h3-11,16,19-20H,12-15,23H2,1-2H3,(H,24,26);1H/t16?,19-,20+;/m1./s1. The van der Waals surface area contributed by atoms with Crippen molar-refractivity contribution in [2.45, 2.75) is 25.4 Å². The number of hydrogen-bond acceptors (Lipinski definition) is 4. The summed E-state index contributed by atoms with van der Waals surface area (Å²) in [5.74, 6) is 1.57. The number of para-hydroxylation sites is 1. The lowest BCUT2D eigenvalue weighted by molar-refractivity contribution is -0.125. The van der Waals surface area contributed by atoms with Gasteiger partial charge in [0.15, 0.2) is 0 Å². The topological polar surface area (TPSA) is 67.6 Å². The average Bonchev–Trinajstić information content (AvgIpc) is 3.16. The lowest BCUT2D eigenvalue weighted by Crippen LogP contribution is -2.44. The third-order valence-corrected chi connectivity index (χ3v) is 5.57. The van der Waals surface area contributed by atoms with Gasteiger partial charge in [-0.05, 0) is 31.0 Å². The lowest BCUT2D eigenvalue weighted by atomic mass is 9.89. The number of carbonyl (C=O) groups is 1. The van der Waals surface area contributed by atoms with E-state index in [0.717, 1.165) is 24.4 Å². The highest BCUT2D eigenvalue weighted by molar-refractivity contribution is 5.85. The van der Waals surface area contributed by atoms with E-state index in [0.29, 0.717) is 24.9 Å². The van der Waals surface area contributed by atoms with Gasteiger partial charge in [-0.3, -0.25) is 9.69 Å². The molecule has 0 saturated carbocycles. The minimum absolute atomic E-state index is 0. The van der Waals surface area contributed by atoms with Gasteiger partial charge in [0.2, 0.25) is 5.91 Å². The van der Waals surface area contributed by atoms with Crippen LogP contribution in [0.2, 0.25) is 0 Å². The number of nitrogens with two attached hydrogens (primary N) is 1. The Bertz CT molecular complexity index is 756. The van der Waals surface area contributed by atoms with E-state index in [4.69, 9.17) is 10.5 Å². The van der Waals surface area contributed by atoms with E-state index in [9.17, 15) is 4.79 Å². The number of rotatable bonds is 7. The first-order valence-electron chi connectivity index (χ1n) is 9.52. The minimum atomic E-state index is -0.192. The Morgan fingerprint density at radius 3 is 2.54 bits per heavy atom. The Labute approximate surface area is 173 Å². The minimum Gasteiger partial charge on any atom is -0.496 e. The van der Waals surface area contributed by atoms with Crippen LogP contribution < -0.4 is 15.8 Å². The van der Waals surface area contributed by atoms with Crippen LogP contribution in [-0.2, 0) is 11.3 Å². The Hall–Kier alpha value is -2.08. The molecular formula is C22H30ClN3O2. The summed E-state index contributed by atoms with van der Waals surface area (Å²) in [6.07, 6.45) is 0. The summed E-state index contributed by atoms with van der Waals surface area (Å²) in [6.45, 7) is 4.77. The summed E-state index contributed by atoms with van der Waals surface area (Å²) in [7, 11) is 1.64. The number of likely N-dealkylation sites (tertiary alicyclic amines) is 1. The number of hydrogen-bond donors (Lipinski definition) is 2. The summed E-state index contributed by atoms with van der Waals surface area (Å²) in [6, 6.07) is 18.0. The maximum atomic E-state index is 12.7. The molecule has 1 amide bonds. The second-order valence-electron chi connectivity index (χ2n) is 7.17. The van der Waals surface area contributed by atoms with Gasteiger partial charge in [0.25, 0.3) is 0 Å². The van der Waals surface area contributed by atoms with Crippen molar-refractivity contribution in [3.8, 4) is 5.75 Å². The van der Waals surface area contributed by atoms with Crippen LogP contribution in [-0.4, -0.2) is 43.6 Å². The number of nitrogens with one attached hydrogen (secondary N) is 1. The number of methoxy groups -OCH3 is 1. The molecule has 28 heavy (non-hydrogen) atoms. The highest BCUT2D eigenvalue weighted by Crippen LogP contribution is 2.33. The third-order valence-electron chi connectivity index (χ3n) is 5.57. The summed E-state index contributed by atoms with van der Waals surface area (Å²) in [5, 5.41) is 3.05. The van der Waals surface area contributed by atoms with Crippen molar-refractivity contribution in [3.05, 3.63) is 65.7 Å². The van der Waals surface area contributed by atoms with Crippen molar-refractivity contribution < 1.29 is 9.53 Å². The van der Waals surface area contributed by atoms with Gasteiger partial charge in [0, 0.05) is 31.1 Å². The largest absolute Gasteiger partial charge is 0.496 e. The maximum absolute atomic E-state index is 12.7. The zero-order valence-electron chi connectivity index (χ0n) is 16.5. The van der Waals surface area contributed by atoms with E-state index in [1.54, 1.807) is 7.11 Å². The molecule has 1 fully saturated rings. The summed E-state index contributed by atoms with van der Waals surface area (Å²) < 4.78 is 5.35. The van der Waals surface area contributed by atoms with E-state index < -0.39 is 0 Å². The molecule has 0 bridgehead atoms. The molecule has 1 saturated heterocycles. The molecule has 0 aromatic heterocycles. The summed E-state index contributed by atoms with van der Waals surface area (Å²) >= 11 is 0. The molecule has 1 heterocycles. The molecule has 3 rings (SSSR count). The molecule has 1 aliphatic rings. The Morgan fingerprint density at radius 1 is 1.18 bits per heavy atom. The number of nitrogens with zero attached hydrogens (tertiary/aromatic N) is 1. The van der Waals surface area contributed by atoms with Crippen molar-refractivity contribution in [2.75, 3.05) is 26.7 Å².